The van der Waals surface area contributed by atoms with Gasteiger partial charge in [0.15, 0.2) is 0 Å². The number of hydrogen-bond acceptors (Lipinski definition) is 20. The lowest BCUT2D eigenvalue weighted by Gasteiger charge is -2.23. The molecule has 0 aromatic carbocycles. The molecule has 0 aliphatic heterocycles. The molecule has 0 heterocycles. The smallest absolute Gasteiger partial charge is 0.330 e. The summed E-state index contributed by atoms with van der Waals surface area (Å²) in [5.41, 5.74) is -0.663. The van der Waals surface area contributed by atoms with Crippen molar-refractivity contribution in [2.45, 2.75) is 311 Å². The Balaban J connectivity index is -0.000000124. The fraction of sp³-hybridized carbons (Fsp3) is 0.659. The molecule has 4 atom stereocenters. The van der Waals surface area contributed by atoms with E-state index in [9.17, 15) is 47.9 Å². The first-order chi connectivity index (χ1) is 50.5. The van der Waals surface area contributed by atoms with Gasteiger partial charge in [-0.15, -0.1) is 0 Å². The second kappa shape index (κ2) is 86.3. The van der Waals surface area contributed by atoms with Crippen LogP contribution in [0.3, 0.4) is 0 Å². The van der Waals surface area contributed by atoms with E-state index >= 15 is 0 Å². The molecule has 0 spiro atoms. The van der Waals surface area contributed by atoms with Gasteiger partial charge < -0.3 is 47.4 Å². The molecule has 0 N–H and O–H groups in total. The van der Waals surface area contributed by atoms with Gasteiger partial charge in [-0.25, -0.2) is 47.9 Å². The summed E-state index contributed by atoms with van der Waals surface area (Å²) in [7, 11) is 0. The maximum absolute atomic E-state index is 10.8. The first-order valence-corrected chi connectivity index (χ1v) is 38.7. The number of carbonyl (C=O) groups excluding carboxylic acids is 10. The number of unbranched alkanes of at least 4 members (excludes halogenated alkanes) is 4. The number of esters is 10. The van der Waals surface area contributed by atoms with Crippen molar-refractivity contribution in [3.8, 4) is 0 Å². The Hall–Kier alpha value is -7.90. The van der Waals surface area contributed by atoms with Gasteiger partial charge in [-0.2, -0.15) is 0 Å². The third-order valence-electron chi connectivity index (χ3n) is 14.3. The minimum Gasteiger partial charge on any atom is -0.463 e. The molecular formula is C88H156O20. The summed E-state index contributed by atoms with van der Waals surface area (Å²) in [5, 5.41) is 0. The van der Waals surface area contributed by atoms with Crippen molar-refractivity contribution in [3.05, 3.63) is 127 Å². The largest absolute Gasteiger partial charge is 0.463 e. The molecule has 0 aromatic heterocycles. The molecule has 4 unspecified atom stereocenters. The zero-order chi connectivity index (χ0) is 86.0. The molecule has 20 heteroatoms. The SMILES string of the molecule is C=CC(=O)OC(C)(C)CC.C=CC(=O)OC(C)(C)CCC.C=CC(=O)OC(C)CCCC.C=CC(=O)OC(CC)CCC.C=CC(=O)OCC(C)(C)C.C=CC(=O)OCC(C)CCC.C=CC(=O)OCC(CC)CC.C=CC(=O)OCCC(C)CC.C=CC(=O)OCCCC(C)C.C=CC(=O)OCCCCCC. The standard InChI is InChI=1S/8C9H16O2.2C8H14O2/c1-5-7-9(3,4)11-8(10)6-2;1-4-9(10)11-7-5-6-8(2)3;1-4-8(3)6-7-11-9(10)5-2;1-4-6-8(3)7-11-9(10)5-2;1-4-6-7-8(3)11-9(10)5-2;1-4-8(5-2)7-11-9(10)6-3;1-4-7-8(5-2)11-9(10)6-3;1-3-5-6-7-8-11-9(10)4-2;1-5-7(9)10-6-8(2,3)4;1-5-7(9)10-8(3,4)6-2/h6H,2,5,7H2,1,3-4H3;4,8H,1,5-7H2,2-3H3;3*5,8H,2,4,6-7H2,1,3H3;2*6,8H,3-5,7H2,1-2H3;4H,2-3,5-8H2,1H3;2*5H,1,6H2,2-4H3. The van der Waals surface area contributed by atoms with Gasteiger partial charge >= 0.3 is 59.7 Å². The van der Waals surface area contributed by atoms with Crippen LogP contribution in [0.15, 0.2) is 127 Å². The highest BCUT2D eigenvalue weighted by Gasteiger charge is 2.20. The average molecular weight is 1530 g/mol. The van der Waals surface area contributed by atoms with Crippen LogP contribution in [-0.4, -0.2) is 123 Å². The average Bonchev–Trinajstić information content (AvgIpc) is 0.938. The Morgan fingerprint density at radius 1 is 0.324 bits per heavy atom. The van der Waals surface area contributed by atoms with Gasteiger partial charge in [0.1, 0.15) is 17.3 Å². The van der Waals surface area contributed by atoms with E-state index in [2.05, 4.69) is 149 Å². The number of carbonyl (C=O) groups is 10. The van der Waals surface area contributed by atoms with Crippen LogP contribution in [0, 0.1) is 29.1 Å². The normalized spacial score (nSPS) is 11.0. The molecule has 108 heavy (non-hydrogen) atoms. The molecule has 0 rings (SSSR count). The van der Waals surface area contributed by atoms with Gasteiger partial charge in [-0.05, 0) is 128 Å². The lowest BCUT2D eigenvalue weighted by atomic mass is 9.99. The lowest BCUT2D eigenvalue weighted by molar-refractivity contribution is -0.151. The number of ether oxygens (including phenoxy) is 10. The highest BCUT2D eigenvalue weighted by Crippen LogP contribution is 2.17. The van der Waals surface area contributed by atoms with Crippen LogP contribution in [-0.2, 0) is 95.3 Å². The van der Waals surface area contributed by atoms with E-state index in [1.165, 1.54) is 73.6 Å². The van der Waals surface area contributed by atoms with Crippen molar-refractivity contribution in [1.82, 2.24) is 0 Å². The van der Waals surface area contributed by atoms with Gasteiger partial charge in [0.2, 0.25) is 0 Å². The van der Waals surface area contributed by atoms with E-state index in [0.717, 1.165) is 122 Å². The molecule has 0 fully saturated rings. The first-order valence-electron chi connectivity index (χ1n) is 38.7. The predicted octanol–water partition coefficient (Wildman–Crippen LogP) is 21.5. The summed E-state index contributed by atoms with van der Waals surface area (Å²) in [5.74, 6) is -1.04. The maximum Gasteiger partial charge on any atom is 0.330 e. The van der Waals surface area contributed by atoms with Crippen LogP contribution in [0.1, 0.15) is 287 Å². The summed E-state index contributed by atoms with van der Waals surface area (Å²) in [6, 6.07) is 0. The third-order valence-corrected chi connectivity index (χ3v) is 14.3. The summed E-state index contributed by atoms with van der Waals surface area (Å²) in [4.78, 5) is 106. The minimum absolute atomic E-state index is 0.0282. The van der Waals surface area contributed by atoms with Crippen molar-refractivity contribution in [2.75, 3.05) is 39.6 Å². The monoisotopic (exact) mass is 1530 g/mol. The van der Waals surface area contributed by atoms with Crippen LogP contribution in [0.5, 0.6) is 0 Å². The summed E-state index contributed by atoms with van der Waals surface area (Å²) in [6.07, 6.45) is 33.7. The van der Waals surface area contributed by atoms with E-state index in [0.29, 0.717) is 63.3 Å². The molecule has 0 aliphatic rings. The second-order valence-electron chi connectivity index (χ2n) is 27.6. The third kappa shape index (κ3) is 111. The fourth-order valence-corrected chi connectivity index (χ4v) is 7.13. The molecule has 20 nitrogen and oxygen atoms in total. The van der Waals surface area contributed by atoms with Gasteiger partial charge in [0.05, 0.1) is 45.7 Å². The van der Waals surface area contributed by atoms with Crippen LogP contribution < -0.4 is 0 Å². The zero-order valence-corrected chi connectivity index (χ0v) is 72.1. The molecular weight excluding hydrogens is 1380 g/mol. The molecule has 0 amide bonds. The Bertz CT molecular complexity index is 2390. The predicted molar refractivity (Wildman–Crippen MR) is 443 cm³/mol. The molecule has 0 radical (unpaired) electrons. The highest BCUT2D eigenvalue weighted by atomic mass is 16.6. The highest BCUT2D eigenvalue weighted by molar-refractivity contribution is 5.84. The van der Waals surface area contributed by atoms with Gasteiger partial charge in [-0.3, -0.25) is 0 Å². The molecule has 0 aliphatic carbocycles. The summed E-state index contributed by atoms with van der Waals surface area (Å²) >= 11 is 0. The van der Waals surface area contributed by atoms with Crippen LogP contribution in [0.25, 0.3) is 0 Å². The Morgan fingerprint density at radius 3 is 1.07 bits per heavy atom. The van der Waals surface area contributed by atoms with Crippen molar-refractivity contribution >= 4 is 59.7 Å². The molecule has 0 saturated heterocycles. The maximum atomic E-state index is 10.8. The molecule has 628 valence electrons. The molecule has 0 saturated carbocycles. The van der Waals surface area contributed by atoms with Gasteiger partial charge in [0, 0.05) is 60.8 Å². The summed E-state index contributed by atoms with van der Waals surface area (Å²) < 4.78 is 48.9. The van der Waals surface area contributed by atoms with E-state index in [1.54, 1.807) is 0 Å². The Kier molecular flexibility index (Phi) is 96.8. The molecule has 0 aromatic rings. The van der Waals surface area contributed by atoms with Crippen molar-refractivity contribution in [2.24, 2.45) is 29.1 Å². The number of rotatable bonds is 45. The first kappa shape index (κ1) is 121. The van der Waals surface area contributed by atoms with E-state index < -0.39 is 0 Å². The van der Waals surface area contributed by atoms with E-state index in [4.69, 9.17) is 47.4 Å². The van der Waals surface area contributed by atoms with Crippen LogP contribution in [0.2, 0.25) is 0 Å². The van der Waals surface area contributed by atoms with E-state index in [-0.39, 0.29) is 88.5 Å². The van der Waals surface area contributed by atoms with Crippen LogP contribution in [0.4, 0.5) is 0 Å². The van der Waals surface area contributed by atoms with Crippen molar-refractivity contribution in [3.63, 3.8) is 0 Å². The van der Waals surface area contributed by atoms with Gasteiger partial charge in [-0.1, -0.05) is 254 Å². The summed E-state index contributed by atoms with van der Waals surface area (Å²) in [6.45, 7) is 80.9. The zero-order valence-electron chi connectivity index (χ0n) is 72.1. The fourth-order valence-electron chi connectivity index (χ4n) is 7.13. The van der Waals surface area contributed by atoms with Crippen LogP contribution >= 0.6 is 0 Å². The quantitative estimate of drug-likeness (QED) is 0.0237. The van der Waals surface area contributed by atoms with Crippen molar-refractivity contribution < 1.29 is 95.3 Å². The lowest BCUT2D eigenvalue weighted by Crippen LogP contribution is -2.26. The second-order valence-corrected chi connectivity index (χ2v) is 27.6. The Labute approximate surface area is 657 Å². The topological polar surface area (TPSA) is 263 Å². The number of hydrogen-bond donors (Lipinski definition) is 0. The molecule has 0 bridgehead atoms. The minimum atomic E-state index is -0.356. The van der Waals surface area contributed by atoms with E-state index in [1.807, 2.05) is 69.2 Å². The van der Waals surface area contributed by atoms with Crippen molar-refractivity contribution in [1.29, 1.82) is 0 Å². The Morgan fingerprint density at radius 2 is 0.713 bits per heavy atom. The van der Waals surface area contributed by atoms with Gasteiger partial charge in [0.25, 0.3) is 0 Å².